The summed E-state index contributed by atoms with van der Waals surface area (Å²) in [5.41, 5.74) is 3.42. The van der Waals surface area contributed by atoms with Crippen molar-refractivity contribution in [2.24, 2.45) is 0 Å². The van der Waals surface area contributed by atoms with E-state index in [0.717, 1.165) is 16.7 Å². The van der Waals surface area contributed by atoms with Gasteiger partial charge in [0.25, 0.3) is 0 Å². The number of rotatable bonds is 4. The second-order valence-corrected chi connectivity index (χ2v) is 9.68. The largest absolute Gasteiger partial charge is 0.325 e. The van der Waals surface area contributed by atoms with Gasteiger partial charge < -0.3 is 5.32 Å². The summed E-state index contributed by atoms with van der Waals surface area (Å²) in [5, 5.41) is 3.39. The Hall–Kier alpha value is -2.67. The van der Waals surface area contributed by atoms with Gasteiger partial charge in [-0.25, -0.2) is 8.42 Å². The molecule has 7 heteroatoms. The van der Waals surface area contributed by atoms with Gasteiger partial charge in [-0.1, -0.05) is 53.6 Å². The van der Waals surface area contributed by atoms with Gasteiger partial charge in [-0.2, -0.15) is 4.31 Å². The molecule has 0 aliphatic carbocycles. The van der Waals surface area contributed by atoms with Crippen molar-refractivity contribution in [3.05, 3.63) is 94.5 Å². The van der Waals surface area contributed by atoms with Gasteiger partial charge in [0.2, 0.25) is 15.9 Å². The summed E-state index contributed by atoms with van der Waals surface area (Å²) in [6.07, 6.45) is 0.306. The number of anilines is 1. The molecule has 1 N–H and O–H groups in total. The summed E-state index contributed by atoms with van der Waals surface area (Å²) < 4.78 is 28.2. The molecule has 0 radical (unpaired) electrons. The number of nitrogens with one attached hydrogen (secondary N) is 1. The second kappa shape index (κ2) is 8.22. The van der Waals surface area contributed by atoms with Gasteiger partial charge in [-0.15, -0.1) is 0 Å². The summed E-state index contributed by atoms with van der Waals surface area (Å²) in [7, 11) is -3.86. The number of nitrogens with zero attached hydrogens (tertiary/aromatic N) is 1. The smallest absolute Gasteiger partial charge is 0.244 e. The lowest BCUT2D eigenvalue weighted by Gasteiger charge is -2.35. The van der Waals surface area contributed by atoms with Crippen molar-refractivity contribution < 1.29 is 13.2 Å². The van der Waals surface area contributed by atoms with Crippen LogP contribution in [0.15, 0.2) is 77.7 Å². The van der Waals surface area contributed by atoms with E-state index in [-0.39, 0.29) is 17.3 Å². The SMILES string of the molecule is Cc1ccc(S(=O)(=O)N2Cc3ccccc3C[C@@H]2C(=O)Nc2ccc(Cl)cc2)cc1. The van der Waals surface area contributed by atoms with E-state index < -0.39 is 16.1 Å². The highest BCUT2D eigenvalue weighted by molar-refractivity contribution is 7.89. The topological polar surface area (TPSA) is 66.5 Å². The van der Waals surface area contributed by atoms with Crippen molar-refractivity contribution in [3.63, 3.8) is 0 Å². The van der Waals surface area contributed by atoms with E-state index in [9.17, 15) is 13.2 Å². The normalized spacial score (nSPS) is 16.7. The van der Waals surface area contributed by atoms with Gasteiger partial charge in [-0.05, 0) is 60.9 Å². The van der Waals surface area contributed by atoms with Crippen LogP contribution in [0.5, 0.6) is 0 Å². The van der Waals surface area contributed by atoms with E-state index in [2.05, 4.69) is 5.32 Å². The van der Waals surface area contributed by atoms with Crippen LogP contribution in [0.3, 0.4) is 0 Å². The number of halogens is 1. The summed E-state index contributed by atoms with van der Waals surface area (Å²) in [6.45, 7) is 2.04. The van der Waals surface area contributed by atoms with Gasteiger partial charge in [0.1, 0.15) is 6.04 Å². The van der Waals surface area contributed by atoms with Crippen LogP contribution in [0, 0.1) is 6.92 Å². The third-order valence-corrected chi connectivity index (χ3v) is 7.37. The number of hydrogen-bond donors (Lipinski definition) is 1. The molecule has 4 rings (SSSR count). The first-order valence-corrected chi connectivity index (χ1v) is 11.4. The average molecular weight is 441 g/mol. The highest BCUT2D eigenvalue weighted by Gasteiger charge is 2.39. The van der Waals surface area contributed by atoms with Crippen molar-refractivity contribution in [2.45, 2.75) is 30.8 Å². The average Bonchev–Trinajstić information content (AvgIpc) is 2.74. The molecule has 1 heterocycles. The van der Waals surface area contributed by atoms with Crippen molar-refractivity contribution in [1.82, 2.24) is 4.31 Å². The highest BCUT2D eigenvalue weighted by atomic mass is 35.5. The molecule has 5 nitrogen and oxygen atoms in total. The Morgan fingerprint density at radius 2 is 1.60 bits per heavy atom. The molecule has 1 aliphatic rings. The number of carbonyl (C=O) groups is 1. The molecule has 1 amide bonds. The molecule has 0 fully saturated rings. The predicted octanol–water partition coefficient (Wildman–Crippen LogP) is 4.40. The van der Waals surface area contributed by atoms with Crippen molar-refractivity contribution in [2.75, 3.05) is 5.32 Å². The molecular formula is C23H21ClN2O3S. The maximum atomic E-state index is 13.4. The Kier molecular flexibility index (Phi) is 5.64. The van der Waals surface area contributed by atoms with Crippen LogP contribution >= 0.6 is 11.6 Å². The van der Waals surface area contributed by atoms with E-state index in [0.29, 0.717) is 17.1 Å². The maximum absolute atomic E-state index is 13.4. The minimum Gasteiger partial charge on any atom is -0.325 e. The molecule has 154 valence electrons. The Morgan fingerprint density at radius 3 is 2.27 bits per heavy atom. The molecule has 0 spiro atoms. The van der Waals surface area contributed by atoms with Crippen LogP contribution < -0.4 is 5.32 Å². The van der Waals surface area contributed by atoms with Crippen molar-refractivity contribution >= 4 is 33.2 Å². The lowest BCUT2D eigenvalue weighted by molar-refractivity contribution is -0.120. The minimum absolute atomic E-state index is 0.144. The molecule has 3 aromatic carbocycles. The number of amides is 1. The van der Waals surface area contributed by atoms with E-state index in [1.165, 1.54) is 4.31 Å². The molecule has 30 heavy (non-hydrogen) atoms. The van der Waals surface area contributed by atoms with Gasteiger partial charge >= 0.3 is 0 Å². The van der Waals surface area contributed by atoms with Crippen LogP contribution in [0.2, 0.25) is 5.02 Å². The van der Waals surface area contributed by atoms with E-state index in [4.69, 9.17) is 11.6 Å². The van der Waals surface area contributed by atoms with Gasteiger partial charge in [0.15, 0.2) is 0 Å². The summed E-state index contributed by atoms with van der Waals surface area (Å²) in [6, 6.07) is 20.2. The molecular weight excluding hydrogens is 420 g/mol. The molecule has 1 aliphatic heterocycles. The molecule has 0 saturated heterocycles. The molecule has 0 saturated carbocycles. The zero-order valence-electron chi connectivity index (χ0n) is 16.4. The fourth-order valence-corrected chi connectivity index (χ4v) is 5.27. The Labute approximate surface area is 181 Å². The molecule has 0 bridgehead atoms. The zero-order valence-corrected chi connectivity index (χ0v) is 18.0. The van der Waals surface area contributed by atoms with Gasteiger partial charge in [0, 0.05) is 17.3 Å². The number of fused-ring (bicyclic) bond motifs is 1. The number of benzene rings is 3. The number of carbonyl (C=O) groups excluding carboxylic acids is 1. The summed E-state index contributed by atoms with van der Waals surface area (Å²) in [5.74, 6) is -0.373. The lowest BCUT2D eigenvalue weighted by atomic mass is 9.95. The van der Waals surface area contributed by atoms with Gasteiger partial charge in [-0.3, -0.25) is 4.79 Å². The first-order chi connectivity index (χ1) is 14.3. The minimum atomic E-state index is -3.86. The van der Waals surface area contributed by atoms with Crippen LogP contribution in [0.4, 0.5) is 5.69 Å². The summed E-state index contributed by atoms with van der Waals surface area (Å²) >= 11 is 5.91. The van der Waals surface area contributed by atoms with Crippen molar-refractivity contribution in [3.8, 4) is 0 Å². The molecule has 1 atom stereocenters. The third-order valence-electron chi connectivity index (χ3n) is 5.25. The fraction of sp³-hybridized carbons (Fsp3) is 0.174. The monoisotopic (exact) mass is 440 g/mol. The quantitative estimate of drug-likeness (QED) is 0.653. The van der Waals surface area contributed by atoms with Gasteiger partial charge in [0.05, 0.1) is 4.90 Å². The fourth-order valence-electron chi connectivity index (χ4n) is 3.58. The first kappa shape index (κ1) is 20.6. The van der Waals surface area contributed by atoms with E-state index in [1.807, 2.05) is 31.2 Å². The Bertz CT molecular complexity index is 1180. The van der Waals surface area contributed by atoms with Crippen LogP contribution in [0.1, 0.15) is 16.7 Å². The Balaban J connectivity index is 1.70. The number of hydrogen-bond acceptors (Lipinski definition) is 3. The summed E-state index contributed by atoms with van der Waals surface area (Å²) in [4.78, 5) is 13.3. The van der Waals surface area contributed by atoms with Crippen LogP contribution in [-0.4, -0.2) is 24.7 Å². The standard InChI is InChI=1S/C23H21ClN2O3S/c1-16-6-12-21(13-7-16)30(28,29)26-15-18-5-3-2-4-17(18)14-22(26)23(27)25-20-10-8-19(24)9-11-20/h2-13,22H,14-15H2,1H3,(H,25,27)/t22-/m1/s1. The third kappa shape index (κ3) is 4.12. The molecule has 0 unspecified atom stereocenters. The lowest BCUT2D eigenvalue weighted by Crippen LogP contribution is -2.50. The zero-order chi connectivity index (χ0) is 21.3. The maximum Gasteiger partial charge on any atom is 0.244 e. The second-order valence-electron chi connectivity index (χ2n) is 7.35. The number of sulfonamides is 1. The number of aryl methyl sites for hydroxylation is 1. The van der Waals surface area contributed by atoms with Crippen LogP contribution in [-0.2, 0) is 27.8 Å². The highest BCUT2D eigenvalue weighted by Crippen LogP contribution is 2.30. The Morgan fingerprint density at radius 1 is 0.967 bits per heavy atom. The van der Waals surface area contributed by atoms with Crippen LogP contribution in [0.25, 0.3) is 0 Å². The molecule has 3 aromatic rings. The predicted molar refractivity (Wildman–Crippen MR) is 118 cm³/mol. The molecule has 0 aromatic heterocycles. The first-order valence-electron chi connectivity index (χ1n) is 9.56. The van der Waals surface area contributed by atoms with E-state index >= 15 is 0 Å². The van der Waals surface area contributed by atoms with E-state index in [1.54, 1.807) is 48.5 Å². The van der Waals surface area contributed by atoms with Crippen molar-refractivity contribution in [1.29, 1.82) is 0 Å².